The maximum Gasteiger partial charge on any atom is 0.320 e. The van der Waals surface area contributed by atoms with E-state index in [1.54, 1.807) is 13.8 Å². The summed E-state index contributed by atoms with van der Waals surface area (Å²) in [7, 11) is 2.70. The number of carbonyl (C=O) groups excluding carboxylic acids is 3. The van der Waals surface area contributed by atoms with Crippen molar-refractivity contribution in [3.05, 3.63) is 0 Å². The number of ether oxygens (including phenoxy) is 4. The number of carbonyl (C=O) groups is 4. The van der Waals surface area contributed by atoms with Crippen molar-refractivity contribution in [1.29, 1.82) is 0 Å². The van der Waals surface area contributed by atoms with Crippen LogP contribution in [-0.4, -0.2) is 62.0 Å². The summed E-state index contributed by atoms with van der Waals surface area (Å²) >= 11 is 0. The van der Waals surface area contributed by atoms with E-state index in [9.17, 15) is 24.3 Å². The number of aliphatic carboxylic acids is 1. The van der Waals surface area contributed by atoms with E-state index in [2.05, 4.69) is 4.74 Å². The van der Waals surface area contributed by atoms with Crippen molar-refractivity contribution in [3.8, 4) is 0 Å². The van der Waals surface area contributed by atoms with E-state index < -0.39 is 59.8 Å². The molecule has 0 aromatic carbocycles. The summed E-state index contributed by atoms with van der Waals surface area (Å²) in [5.74, 6) is -7.32. The Labute approximate surface area is 158 Å². The van der Waals surface area contributed by atoms with Gasteiger partial charge >= 0.3 is 23.9 Å². The predicted octanol–water partition coefficient (Wildman–Crippen LogP) is 1.03. The zero-order valence-corrected chi connectivity index (χ0v) is 16.3. The monoisotopic (exact) mass is 388 g/mol. The number of methoxy groups -OCH3 is 2. The second-order valence-corrected chi connectivity index (χ2v) is 6.47. The van der Waals surface area contributed by atoms with Gasteiger partial charge in [0.05, 0.1) is 42.5 Å². The van der Waals surface area contributed by atoms with Crippen molar-refractivity contribution < 1.29 is 43.2 Å². The highest BCUT2D eigenvalue weighted by Gasteiger charge is 2.49. The van der Waals surface area contributed by atoms with Crippen LogP contribution in [0, 0.1) is 23.7 Å². The summed E-state index contributed by atoms with van der Waals surface area (Å²) in [6, 6.07) is 0. The zero-order chi connectivity index (χ0) is 20.7. The standard InChI is InChI=1S/C18H28O9/c1-6-11(24-4)14(15(19)20)10(17(22)26-7-2)8-12(25-5)13-9(3)16(21)27-18(13)23/h9-14H,6-8H2,1-5H3,(H,19,20). The molecule has 1 N–H and O–H groups in total. The van der Waals surface area contributed by atoms with E-state index in [0.717, 1.165) is 0 Å². The van der Waals surface area contributed by atoms with E-state index in [1.807, 2.05) is 0 Å². The lowest BCUT2D eigenvalue weighted by Crippen LogP contribution is -2.44. The molecule has 6 atom stereocenters. The first-order chi connectivity index (χ1) is 12.7. The van der Waals surface area contributed by atoms with Gasteiger partial charge in [0, 0.05) is 14.2 Å². The van der Waals surface area contributed by atoms with Gasteiger partial charge in [-0.15, -0.1) is 0 Å². The molecule has 0 amide bonds. The van der Waals surface area contributed by atoms with Crippen molar-refractivity contribution in [1.82, 2.24) is 0 Å². The summed E-state index contributed by atoms with van der Waals surface area (Å²) in [6.45, 7) is 4.96. The molecule has 1 aliphatic rings. The first-order valence-corrected chi connectivity index (χ1v) is 8.93. The van der Waals surface area contributed by atoms with Crippen LogP contribution in [0.15, 0.2) is 0 Å². The third-order valence-corrected chi connectivity index (χ3v) is 4.99. The lowest BCUT2D eigenvalue weighted by Gasteiger charge is -2.31. The van der Waals surface area contributed by atoms with Crippen LogP contribution in [0.1, 0.15) is 33.6 Å². The largest absolute Gasteiger partial charge is 0.481 e. The third kappa shape index (κ3) is 5.26. The molecule has 1 heterocycles. The Morgan fingerprint density at radius 2 is 1.78 bits per heavy atom. The molecule has 9 heteroatoms. The Bertz CT molecular complexity index is 555. The number of esters is 3. The van der Waals surface area contributed by atoms with Crippen LogP contribution < -0.4 is 0 Å². The van der Waals surface area contributed by atoms with Gasteiger partial charge in [-0.05, 0) is 19.8 Å². The second kappa shape index (κ2) is 10.4. The van der Waals surface area contributed by atoms with Crippen molar-refractivity contribution in [2.45, 2.75) is 45.8 Å². The van der Waals surface area contributed by atoms with Gasteiger partial charge in [0.25, 0.3) is 0 Å². The highest BCUT2D eigenvalue weighted by molar-refractivity contribution is 5.96. The van der Waals surface area contributed by atoms with Gasteiger partial charge in [-0.1, -0.05) is 13.8 Å². The van der Waals surface area contributed by atoms with Crippen LogP contribution in [-0.2, 0) is 38.1 Å². The normalized spacial score (nSPS) is 24.0. The quantitative estimate of drug-likeness (QED) is 0.408. The highest BCUT2D eigenvalue weighted by Crippen LogP contribution is 2.34. The lowest BCUT2D eigenvalue weighted by molar-refractivity contribution is -0.166. The van der Waals surface area contributed by atoms with Crippen molar-refractivity contribution in [2.24, 2.45) is 23.7 Å². The van der Waals surface area contributed by atoms with Crippen LogP contribution in [0.3, 0.4) is 0 Å². The smallest absolute Gasteiger partial charge is 0.320 e. The molecular weight excluding hydrogens is 360 g/mol. The fourth-order valence-electron chi connectivity index (χ4n) is 3.52. The summed E-state index contributed by atoms with van der Waals surface area (Å²) in [5, 5.41) is 9.72. The second-order valence-electron chi connectivity index (χ2n) is 6.47. The van der Waals surface area contributed by atoms with E-state index in [1.165, 1.54) is 21.1 Å². The SMILES string of the molecule is CCOC(=O)C(CC(OC)C1C(=O)OC(=O)C1C)C(C(=O)O)C(CC)OC. The van der Waals surface area contributed by atoms with Crippen molar-refractivity contribution >= 4 is 23.9 Å². The molecule has 1 fully saturated rings. The van der Waals surface area contributed by atoms with E-state index in [-0.39, 0.29) is 13.0 Å². The van der Waals surface area contributed by atoms with Crippen LogP contribution in [0.2, 0.25) is 0 Å². The molecule has 0 aromatic rings. The zero-order valence-electron chi connectivity index (χ0n) is 16.3. The summed E-state index contributed by atoms with van der Waals surface area (Å²) < 4.78 is 20.3. The average Bonchev–Trinajstić information content (AvgIpc) is 2.87. The minimum atomic E-state index is -1.21. The molecule has 0 aromatic heterocycles. The average molecular weight is 388 g/mol. The molecule has 1 rings (SSSR count). The molecule has 0 aliphatic carbocycles. The van der Waals surface area contributed by atoms with Crippen LogP contribution in [0.25, 0.3) is 0 Å². The van der Waals surface area contributed by atoms with Gasteiger partial charge in [-0.25, -0.2) is 0 Å². The number of hydrogen-bond acceptors (Lipinski definition) is 8. The van der Waals surface area contributed by atoms with E-state index in [0.29, 0.717) is 6.42 Å². The fraction of sp³-hybridized carbons (Fsp3) is 0.778. The summed E-state index contributed by atoms with van der Waals surface area (Å²) in [6.07, 6.45) is -1.38. The molecule has 9 nitrogen and oxygen atoms in total. The molecule has 1 aliphatic heterocycles. The minimum Gasteiger partial charge on any atom is -0.481 e. The molecule has 6 unspecified atom stereocenters. The van der Waals surface area contributed by atoms with E-state index >= 15 is 0 Å². The maximum absolute atomic E-state index is 12.5. The Hall–Kier alpha value is -2.00. The van der Waals surface area contributed by atoms with Gasteiger partial charge in [0.2, 0.25) is 0 Å². The molecular formula is C18H28O9. The summed E-state index contributed by atoms with van der Waals surface area (Å²) in [4.78, 5) is 48.2. The molecule has 1 saturated heterocycles. The third-order valence-electron chi connectivity index (χ3n) is 4.99. The summed E-state index contributed by atoms with van der Waals surface area (Å²) in [5.41, 5.74) is 0. The predicted molar refractivity (Wildman–Crippen MR) is 91.5 cm³/mol. The molecule has 0 saturated carbocycles. The van der Waals surface area contributed by atoms with Gasteiger partial charge in [0.1, 0.15) is 0 Å². The van der Waals surface area contributed by atoms with E-state index in [4.69, 9.17) is 14.2 Å². The van der Waals surface area contributed by atoms with Crippen LogP contribution in [0.4, 0.5) is 0 Å². The van der Waals surface area contributed by atoms with Crippen molar-refractivity contribution in [2.75, 3.05) is 20.8 Å². The minimum absolute atomic E-state index is 0.0729. The van der Waals surface area contributed by atoms with Crippen LogP contribution >= 0.6 is 0 Å². The number of carboxylic acids is 1. The Morgan fingerprint density at radius 3 is 2.15 bits per heavy atom. The van der Waals surface area contributed by atoms with Gasteiger partial charge in [-0.3, -0.25) is 19.2 Å². The molecule has 0 spiro atoms. The molecule has 0 bridgehead atoms. The number of cyclic esters (lactones) is 2. The molecule has 154 valence electrons. The Balaban J connectivity index is 3.21. The number of hydrogen-bond donors (Lipinski definition) is 1. The van der Waals surface area contributed by atoms with Gasteiger partial charge in [0.15, 0.2) is 0 Å². The number of carboxylic acid groups (broad SMARTS) is 1. The molecule has 0 radical (unpaired) electrons. The maximum atomic E-state index is 12.5. The van der Waals surface area contributed by atoms with Crippen LogP contribution in [0.5, 0.6) is 0 Å². The topological polar surface area (TPSA) is 125 Å². The Kier molecular flexibility index (Phi) is 8.84. The van der Waals surface area contributed by atoms with Gasteiger partial charge in [-0.2, -0.15) is 0 Å². The first kappa shape index (κ1) is 23.0. The molecule has 27 heavy (non-hydrogen) atoms. The van der Waals surface area contributed by atoms with Crippen molar-refractivity contribution in [3.63, 3.8) is 0 Å². The fourth-order valence-corrected chi connectivity index (χ4v) is 3.52. The highest BCUT2D eigenvalue weighted by atomic mass is 16.6. The Morgan fingerprint density at radius 1 is 1.15 bits per heavy atom. The number of rotatable bonds is 11. The van der Waals surface area contributed by atoms with Gasteiger partial charge < -0.3 is 24.1 Å². The lowest BCUT2D eigenvalue weighted by atomic mass is 9.78. The first-order valence-electron chi connectivity index (χ1n) is 8.93.